The van der Waals surface area contributed by atoms with Crippen LogP contribution in [0.2, 0.25) is 0 Å². The van der Waals surface area contributed by atoms with E-state index in [-0.39, 0.29) is 0 Å². The lowest BCUT2D eigenvalue weighted by Gasteiger charge is -2.28. The molecule has 9 nitrogen and oxygen atoms in total. The minimum Gasteiger partial charge on any atom is -0.493 e. The summed E-state index contributed by atoms with van der Waals surface area (Å²) in [6.45, 7) is 3.67. The molecule has 1 aliphatic heterocycles. The molecular formula is C21H25N5O4S. The number of thiocarbonyl (C=S) groups is 1. The van der Waals surface area contributed by atoms with Gasteiger partial charge >= 0.3 is 0 Å². The van der Waals surface area contributed by atoms with Gasteiger partial charge < -0.3 is 29.7 Å². The molecule has 164 valence electrons. The first kappa shape index (κ1) is 21.1. The molecule has 1 saturated heterocycles. The predicted octanol–water partition coefficient (Wildman–Crippen LogP) is 2.61. The second-order valence-electron chi connectivity index (χ2n) is 7.01. The highest BCUT2D eigenvalue weighted by Crippen LogP contribution is 2.30. The van der Waals surface area contributed by atoms with Crippen LogP contribution in [0.25, 0.3) is 11.0 Å². The van der Waals surface area contributed by atoms with Crippen LogP contribution in [-0.2, 0) is 11.2 Å². The molecule has 0 spiro atoms. The maximum Gasteiger partial charge on any atom is 0.170 e. The fourth-order valence-corrected chi connectivity index (χ4v) is 3.75. The van der Waals surface area contributed by atoms with Crippen LogP contribution in [-0.4, -0.2) is 62.5 Å². The minimum absolute atomic E-state index is 0.504. The zero-order valence-corrected chi connectivity index (χ0v) is 18.3. The number of methoxy groups -OCH3 is 2. The molecule has 0 bridgehead atoms. The van der Waals surface area contributed by atoms with Crippen LogP contribution < -0.4 is 25.0 Å². The van der Waals surface area contributed by atoms with Crippen LogP contribution in [0.15, 0.2) is 35.0 Å². The van der Waals surface area contributed by atoms with Crippen molar-refractivity contribution in [3.05, 3.63) is 35.9 Å². The summed E-state index contributed by atoms with van der Waals surface area (Å²) in [4.78, 5) is 2.22. The molecular weight excluding hydrogens is 418 g/mol. The fraction of sp³-hybridized carbons (Fsp3) is 0.381. The first-order chi connectivity index (χ1) is 15.2. The van der Waals surface area contributed by atoms with E-state index in [1.165, 1.54) is 0 Å². The molecule has 0 radical (unpaired) electrons. The maximum atomic E-state index is 5.46. The van der Waals surface area contributed by atoms with Gasteiger partial charge in [0, 0.05) is 19.6 Å². The van der Waals surface area contributed by atoms with Gasteiger partial charge in [0.05, 0.1) is 38.8 Å². The fourth-order valence-electron chi connectivity index (χ4n) is 3.54. The zero-order valence-electron chi connectivity index (χ0n) is 17.5. The molecule has 4 rings (SSSR count). The van der Waals surface area contributed by atoms with Crippen molar-refractivity contribution < 1.29 is 18.8 Å². The van der Waals surface area contributed by atoms with Crippen LogP contribution >= 0.6 is 12.2 Å². The number of hydrogen-bond donors (Lipinski definition) is 2. The molecule has 0 aliphatic carbocycles. The third kappa shape index (κ3) is 4.80. The van der Waals surface area contributed by atoms with E-state index < -0.39 is 0 Å². The molecule has 0 saturated carbocycles. The van der Waals surface area contributed by atoms with Gasteiger partial charge in [0.15, 0.2) is 27.6 Å². The second kappa shape index (κ2) is 9.80. The van der Waals surface area contributed by atoms with E-state index in [1.54, 1.807) is 14.2 Å². The van der Waals surface area contributed by atoms with Crippen molar-refractivity contribution in [1.82, 2.24) is 15.6 Å². The number of aromatic nitrogens is 2. The third-order valence-corrected chi connectivity index (χ3v) is 5.39. The summed E-state index contributed by atoms with van der Waals surface area (Å²) in [7, 11) is 3.25. The van der Waals surface area contributed by atoms with E-state index in [4.69, 9.17) is 31.1 Å². The van der Waals surface area contributed by atoms with E-state index >= 15 is 0 Å². The van der Waals surface area contributed by atoms with Gasteiger partial charge in [0.2, 0.25) is 0 Å². The van der Waals surface area contributed by atoms with Crippen molar-refractivity contribution in [2.45, 2.75) is 6.42 Å². The number of rotatable bonds is 7. The number of anilines is 2. The Balaban J connectivity index is 1.37. The van der Waals surface area contributed by atoms with Gasteiger partial charge in [-0.15, -0.1) is 0 Å². The van der Waals surface area contributed by atoms with Crippen molar-refractivity contribution in [3.63, 3.8) is 0 Å². The Hall–Kier alpha value is -3.11. The minimum atomic E-state index is 0.504. The van der Waals surface area contributed by atoms with Crippen molar-refractivity contribution in [3.8, 4) is 11.5 Å². The van der Waals surface area contributed by atoms with E-state index in [0.717, 1.165) is 36.4 Å². The average Bonchev–Trinajstić information content (AvgIpc) is 3.30. The van der Waals surface area contributed by atoms with E-state index in [1.807, 2.05) is 30.3 Å². The molecule has 0 atom stereocenters. The standard InChI is InChI=1S/C21H25N5O4S/c1-27-17-6-3-14(13-18(17)28-2)7-8-22-21(31)23-15-4-5-16(20-19(15)24-30-25-20)26-9-11-29-12-10-26/h3-6,13H,7-12H2,1-2H3,(H2,22,23,31). The molecule has 0 unspecified atom stereocenters. The van der Waals surface area contributed by atoms with Gasteiger partial charge in [0.1, 0.15) is 0 Å². The number of nitrogens with one attached hydrogen (secondary N) is 2. The Labute approximate surface area is 185 Å². The topological polar surface area (TPSA) is 93.9 Å². The van der Waals surface area contributed by atoms with Gasteiger partial charge in [-0.05, 0) is 58.8 Å². The second-order valence-corrected chi connectivity index (χ2v) is 7.42. The quantitative estimate of drug-likeness (QED) is 0.531. The number of fused-ring (bicyclic) bond motifs is 1. The lowest BCUT2D eigenvalue weighted by atomic mass is 10.1. The summed E-state index contributed by atoms with van der Waals surface area (Å²) in [5.74, 6) is 1.42. The maximum absolute atomic E-state index is 5.46. The molecule has 3 aromatic rings. The molecule has 1 fully saturated rings. The van der Waals surface area contributed by atoms with Gasteiger partial charge in [0.25, 0.3) is 0 Å². The number of morpholine rings is 1. The highest BCUT2D eigenvalue weighted by Gasteiger charge is 2.19. The number of ether oxygens (including phenoxy) is 3. The summed E-state index contributed by atoms with van der Waals surface area (Å²) in [5, 5.41) is 15.1. The van der Waals surface area contributed by atoms with Crippen LogP contribution in [0.5, 0.6) is 11.5 Å². The van der Waals surface area contributed by atoms with Crippen LogP contribution in [0.1, 0.15) is 5.56 Å². The predicted molar refractivity (Wildman–Crippen MR) is 122 cm³/mol. The summed E-state index contributed by atoms with van der Waals surface area (Å²) in [6.07, 6.45) is 0.777. The summed E-state index contributed by atoms with van der Waals surface area (Å²) in [5.41, 5.74) is 4.20. The van der Waals surface area contributed by atoms with Gasteiger partial charge in [-0.25, -0.2) is 4.63 Å². The first-order valence-corrected chi connectivity index (χ1v) is 10.4. The SMILES string of the molecule is COc1ccc(CCNC(=S)Nc2ccc(N3CCOCC3)c3nonc23)cc1OC. The number of benzene rings is 2. The Kier molecular flexibility index (Phi) is 6.68. The summed E-state index contributed by atoms with van der Waals surface area (Å²) in [6, 6.07) is 9.82. The highest BCUT2D eigenvalue weighted by molar-refractivity contribution is 7.80. The van der Waals surface area contributed by atoms with Crippen molar-refractivity contribution in [2.75, 3.05) is 57.3 Å². The van der Waals surface area contributed by atoms with Gasteiger partial charge in [-0.1, -0.05) is 6.07 Å². The van der Waals surface area contributed by atoms with E-state index in [9.17, 15) is 0 Å². The van der Waals surface area contributed by atoms with Gasteiger partial charge in [-0.2, -0.15) is 0 Å². The van der Waals surface area contributed by atoms with Gasteiger partial charge in [-0.3, -0.25) is 0 Å². The van der Waals surface area contributed by atoms with Crippen molar-refractivity contribution in [2.24, 2.45) is 0 Å². The Bertz CT molecular complexity index is 1050. The molecule has 0 amide bonds. The Morgan fingerprint density at radius 2 is 1.84 bits per heavy atom. The smallest absolute Gasteiger partial charge is 0.170 e. The largest absolute Gasteiger partial charge is 0.493 e. The lowest BCUT2D eigenvalue weighted by Crippen LogP contribution is -2.36. The molecule has 10 heteroatoms. The lowest BCUT2D eigenvalue weighted by molar-refractivity contribution is 0.123. The highest BCUT2D eigenvalue weighted by atomic mass is 32.1. The normalized spacial score (nSPS) is 13.8. The molecule has 1 aliphatic rings. The van der Waals surface area contributed by atoms with E-state index in [2.05, 4.69) is 25.8 Å². The van der Waals surface area contributed by atoms with Crippen molar-refractivity contribution >= 4 is 39.7 Å². The van der Waals surface area contributed by atoms with Crippen molar-refractivity contribution in [1.29, 1.82) is 0 Å². The first-order valence-electron chi connectivity index (χ1n) is 10.0. The number of hydrogen-bond acceptors (Lipinski definition) is 8. The van der Waals surface area contributed by atoms with Crippen LogP contribution in [0.3, 0.4) is 0 Å². The average molecular weight is 444 g/mol. The zero-order chi connectivity index (χ0) is 21.6. The monoisotopic (exact) mass is 443 g/mol. The molecule has 2 heterocycles. The van der Waals surface area contributed by atoms with Crippen LogP contribution in [0, 0.1) is 0 Å². The Morgan fingerprint density at radius 1 is 1.06 bits per heavy atom. The molecule has 31 heavy (non-hydrogen) atoms. The molecule has 2 N–H and O–H groups in total. The third-order valence-electron chi connectivity index (χ3n) is 5.14. The van der Waals surface area contributed by atoms with Crippen LogP contribution in [0.4, 0.5) is 11.4 Å². The number of nitrogens with zero attached hydrogens (tertiary/aromatic N) is 3. The van der Waals surface area contributed by atoms with E-state index in [0.29, 0.717) is 47.4 Å². The molecule has 2 aromatic carbocycles. The molecule has 1 aromatic heterocycles. The summed E-state index contributed by atoms with van der Waals surface area (Å²) >= 11 is 5.46. The summed E-state index contributed by atoms with van der Waals surface area (Å²) < 4.78 is 21.1. The Morgan fingerprint density at radius 3 is 2.61 bits per heavy atom.